The van der Waals surface area contributed by atoms with Crippen LogP contribution in [0.2, 0.25) is 0 Å². The number of hydrogen-bond donors (Lipinski definition) is 0. The lowest BCUT2D eigenvalue weighted by Gasteiger charge is -1.98. The third kappa shape index (κ3) is 2.71. The topological polar surface area (TPSA) is 43.4 Å². The van der Waals surface area contributed by atoms with E-state index in [9.17, 15) is 9.59 Å². The van der Waals surface area contributed by atoms with Crippen LogP contribution >= 0.6 is 22.9 Å². The minimum atomic E-state index is -0.338. The van der Waals surface area contributed by atoms with E-state index < -0.39 is 0 Å². The Kier molecular flexibility index (Phi) is 3.99. The fourth-order valence-corrected chi connectivity index (χ4v) is 2.73. The summed E-state index contributed by atoms with van der Waals surface area (Å²) in [7, 11) is 1.36. The lowest BCUT2D eigenvalue weighted by atomic mass is 10.1. The number of rotatable bonds is 4. The predicted molar refractivity (Wildman–Crippen MR) is 72.6 cm³/mol. The quantitative estimate of drug-likeness (QED) is 0.639. The molecule has 0 atom stereocenters. The SMILES string of the molecule is COC(=O)c1cc2cc(CC(=O)CCl)ccc2s1. The minimum absolute atomic E-state index is 0.0144. The van der Waals surface area contributed by atoms with Gasteiger partial charge in [0, 0.05) is 11.1 Å². The average molecular weight is 283 g/mol. The maximum atomic E-state index is 11.4. The van der Waals surface area contributed by atoms with Gasteiger partial charge in [-0.05, 0) is 29.1 Å². The molecule has 0 saturated heterocycles. The predicted octanol–water partition coefficient (Wildman–Crippen LogP) is 3.04. The van der Waals surface area contributed by atoms with Crippen molar-refractivity contribution in [3.05, 3.63) is 34.7 Å². The summed E-state index contributed by atoms with van der Waals surface area (Å²) in [6.45, 7) is 0. The Morgan fingerprint density at radius 3 is 2.78 bits per heavy atom. The van der Waals surface area contributed by atoms with E-state index in [2.05, 4.69) is 4.74 Å². The number of fused-ring (bicyclic) bond motifs is 1. The summed E-state index contributed by atoms with van der Waals surface area (Å²) < 4.78 is 5.68. The first-order valence-electron chi connectivity index (χ1n) is 5.32. The van der Waals surface area contributed by atoms with Crippen LogP contribution in [0.3, 0.4) is 0 Å². The molecule has 1 aromatic heterocycles. The van der Waals surface area contributed by atoms with Gasteiger partial charge in [0.15, 0.2) is 5.78 Å². The summed E-state index contributed by atoms with van der Waals surface area (Å²) in [5.41, 5.74) is 0.905. The minimum Gasteiger partial charge on any atom is -0.465 e. The van der Waals surface area contributed by atoms with E-state index in [0.717, 1.165) is 15.6 Å². The van der Waals surface area contributed by atoms with Gasteiger partial charge in [-0.15, -0.1) is 22.9 Å². The molecule has 2 rings (SSSR count). The summed E-state index contributed by atoms with van der Waals surface area (Å²) >= 11 is 6.85. The van der Waals surface area contributed by atoms with Gasteiger partial charge in [0.25, 0.3) is 0 Å². The lowest BCUT2D eigenvalue weighted by Crippen LogP contribution is -2.03. The first-order valence-corrected chi connectivity index (χ1v) is 6.67. The molecule has 0 unspecified atom stereocenters. The summed E-state index contributed by atoms with van der Waals surface area (Å²) in [6.07, 6.45) is 0.322. The number of alkyl halides is 1. The highest BCUT2D eigenvalue weighted by molar-refractivity contribution is 7.20. The molecule has 0 aliphatic heterocycles. The van der Waals surface area contributed by atoms with Gasteiger partial charge in [0.05, 0.1) is 13.0 Å². The van der Waals surface area contributed by atoms with E-state index in [1.165, 1.54) is 18.4 Å². The number of halogens is 1. The van der Waals surface area contributed by atoms with Gasteiger partial charge >= 0.3 is 5.97 Å². The van der Waals surface area contributed by atoms with Crippen LogP contribution in [0.5, 0.6) is 0 Å². The molecule has 0 radical (unpaired) electrons. The van der Waals surface area contributed by atoms with E-state index in [-0.39, 0.29) is 17.6 Å². The van der Waals surface area contributed by atoms with Crippen LogP contribution in [0.25, 0.3) is 10.1 Å². The standard InChI is InChI=1S/C13H11ClO3S/c1-17-13(16)12-6-9-4-8(5-10(15)7-14)2-3-11(9)18-12/h2-4,6H,5,7H2,1H3. The van der Waals surface area contributed by atoms with Crippen molar-refractivity contribution in [2.45, 2.75) is 6.42 Å². The molecule has 0 fully saturated rings. The second kappa shape index (κ2) is 5.50. The molecule has 0 bridgehead atoms. The first kappa shape index (κ1) is 13.1. The van der Waals surface area contributed by atoms with Crippen LogP contribution < -0.4 is 0 Å². The highest BCUT2D eigenvalue weighted by Crippen LogP contribution is 2.27. The van der Waals surface area contributed by atoms with E-state index in [1.54, 1.807) is 6.07 Å². The Labute approximate surface area is 113 Å². The Hall–Kier alpha value is -1.39. The van der Waals surface area contributed by atoms with Crippen molar-refractivity contribution in [1.29, 1.82) is 0 Å². The second-order valence-electron chi connectivity index (χ2n) is 3.82. The van der Waals surface area contributed by atoms with Crippen molar-refractivity contribution in [2.75, 3.05) is 13.0 Å². The molecule has 0 saturated carbocycles. The number of carbonyl (C=O) groups is 2. The van der Waals surface area contributed by atoms with Crippen LogP contribution in [0.1, 0.15) is 15.2 Å². The number of ether oxygens (including phenoxy) is 1. The molecular weight excluding hydrogens is 272 g/mol. The van der Waals surface area contributed by atoms with Crippen molar-refractivity contribution < 1.29 is 14.3 Å². The van der Waals surface area contributed by atoms with Gasteiger partial charge < -0.3 is 4.74 Å². The van der Waals surface area contributed by atoms with E-state index in [0.29, 0.717) is 11.3 Å². The van der Waals surface area contributed by atoms with Crippen LogP contribution in [0.15, 0.2) is 24.3 Å². The van der Waals surface area contributed by atoms with Crippen molar-refractivity contribution >= 4 is 44.8 Å². The zero-order valence-electron chi connectivity index (χ0n) is 9.73. The molecule has 0 amide bonds. The fourth-order valence-electron chi connectivity index (χ4n) is 1.68. The van der Waals surface area contributed by atoms with Crippen molar-refractivity contribution in [3.63, 3.8) is 0 Å². The molecule has 3 nitrogen and oxygen atoms in total. The molecule has 1 aromatic carbocycles. The highest BCUT2D eigenvalue weighted by Gasteiger charge is 2.11. The molecule has 0 aliphatic rings. The van der Waals surface area contributed by atoms with Crippen LogP contribution in [-0.2, 0) is 16.0 Å². The van der Waals surface area contributed by atoms with E-state index in [4.69, 9.17) is 11.6 Å². The largest absolute Gasteiger partial charge is 0.465 e. The van der Waals surface area contributed by atoms with Crippen molar-refractivity contribution in [3.8, 4) is 0 Å². The summed E-state index contributed by atoms with van der Waals surface area (Å²) in [5, 5.41) is 0.945. The number of benzene rings is 1. The van der Waals surface area contributed by atoms with Gasteiger partial charge in [-0.25, -0.2) is 4.79 Å². The molecule has 2 aromatic rings. The fraction of sp³-hybridized carbons (Fsp3) is 0.231. The van der Waals surface area contributed by atoms with Gasteiger partial charge in [-0.1, -0.05) is 6.07 Å². The number of Topliss-reactive ketones (excluding diaryl/α,β-unsaturated/α-hetero) is 1. The highest BCUT2D eigenvalue weighted by atomic mass is 35.5. The maximum Gasteiger partial charge on any atom is 0.348 e. The summed E-state index contributed by atoms with van der Waals surface area (Å²) in [6, 6.07) is 7.47. The van der Waals surface area contributed by atoms with Crippen molar-refractivity contribution in [1.82, 2.24) is 0 Å². The molecule has 18 heavy (non-hydrogen) atoms. The second-order valence-corrected chi connectivity index (χ2v) is 5.17. The molecule has 94 valence electrons. The molecule has 1 heterocycles. The van der Waals surface area contributed by atoms with Crippen LogP contribution in [0.4, 0.5) is 0 Å². The smallest absolute Gasteiger partial charge is 0.348 e. The van der Waals surface area contributed by atoms with E-state index >= 15 is 0 Å². The summed E-state index contributed by atoms with van der Waals surface area (Å²) in [4.78, 5) is 23.2. The third-order valence-electron chi connectivity index (χ3n) is 2.52. The van der Waals surface area contributed by atoms with Crippen LogP contribution in [0, 0.1) is 0 Å². The molecule has 0 aliphatic carbocycles. The normalized spacial score (nSPS) is 10.6. The molecular formula is C13H11ClO3S. The van der Waals surface area contributed by atoms with Crippen LogP contribution in [-0.4, -0.2) is 24.7 Å². The van der Waals surface area contributed by atoms with E-state index in [1.807, 2.05) is 18.2 Å². The lowest BCUT2D eigenvalue weighted by molar-refractivity contribution is -0.116. The van der Waals surface area contributed by atoms with Gasteiger partial charge in [0.1, 0.15) is 4.88 Å². The molecule has 0 spiro atoms. The Balaban J connectivity index is 2.33. The zero-order chi connectivity index (χ0) is 13.1. The van der Waals surface area contributed by atoms with Gasteiger partial charge in [0.2, 0.25) is 0 Å². The monoisotopic (exact) mass is 282 g/mol. The number of methoxy groups -OCH3 is 1. The van der Waals surface area contributed by atoms with Gasteiger partial charge in [-0.3, -0.25) is 4.79 Å². The van der Waals surface area contributed by atoms with Crippen molar-refractivity contribution in [2.24, 2.45) is 0 Å². The molecule has 5 heteroatoms. The number of ketones is 1. The first-order chi connectivity index (χ1) is 8.63. The number of carbonyl (C=O) groups excluding carboxylic acids is 2. The number of thiophene rings is 1. The Morgan fingerprint density at radius 2 is 2.11 bits per heavy atom. The number of esters is 1. The third-order valence-corrected chi connectivity index (χ3v) is 3.91. The number of hydrogen-bond acceptors (Lipinski definition) is 4. The average Bonchev–Trinajstić information content (AvgIpc) is 2.80. The molecule has 0 N–H and O–H groups in total. The Morgan fingerprint density at radius 1 is 1.33 bits per heavy atom. The summed E-state index contributed by atoms with van der Waals surface area (Å²) in [5.74, 6) is -0.330. The maximum absolute atomic E-state index is 11.4. The zero-order valence-corrected chi connectivity index (χ0v) is 11.3. The Bertz CT molecular complexity index is 603. The van der Waals surface area contributed by atoms with Gasteiger partial charge in [-0.2, -0.15) is 0 Å².